The molecule has 0 aliphatic carbocycles. The fourth-order valence-corrected chi connectivity index (χ4v) is 0.168. The summed E-state index contributed by atoms with van der Waals surface area (Å²) in [6.45, 7) is 1.67. The van der Waals surface area contributed by atoms with Gasteiger partial charge in [0.25, 0.3) is 0 Å². The Labute approximate surface area is 52.6 Å². The Balaban J connectivity index is 3.33. The van der Waals surface area contributed by atoms with E-state index >= 15 is 0 Å². The number of alkyl halides is 2. The summed E-state index contributed by atoms with van der Waals surface area (Å²) in [7, 11) is 0. The molecule has 0 aromatic carbocycles. The van der Waals surface area contributed by atoms with Crippen molar-refractivity contribution in [2.45, 2.75) is 17.7 Å². The first-order chi connectivity index (χ1) is 3.18. The van der Waals surface area contributed by atoms with Gasteiger partial charge in [0.2, 0.25) is 0 Å². The zero-order chi connectivity index (χ0) is 5.86. The molecule has 3 heteroatoms. The summed E-state index contributed by atoms with van der Waals surface area (Å²) in [5.41, 5.74) is 0. The smallest absolute Gasteiger partial charge is 0.139 e. The van der Waals surface area contributed by atoms with Crippen LogP contribution in [0.3, 0.4) is 0 Å². The number of halogens is 2. The molecule has 0 aromatic heterocycles. The minimum Gasteiger partial charge on any atom is -0.302 e. The van der Waals surface area contributed by atoms with E-state index in [1.807, 2.05) is 0 Å². The molecule has 0 aliphatic heterocycles. The molecular formula is C4H6Cl2O. The maximum atomic E-state index is 9.73. The summed E-state index contributed by atoms with van der Waals surface area (Å²) in [5.74, 6) is 0. The van der Waals surface area contributed by atoms with E-state index in [0.29, 0.717) is 6.29 Å². The molecule has 0 rings (SSSR count). The molecule has 7 heavy (non-hydrogen) atoms. The molecule has 0 heterocycles. The van der Waals surface area contributed by atoms with Gasteiger partial charge in [-0.2, -0.15) is 0 Å². The largest absolute Gasteiger partial charge is 0.302 e. The molecule has 2 atom stereocenters. The number of carbonyl (C=O) groups excluding carboxylic acids is 1. The number of hydrogen-bond donors (Lipinski definition) is 0. The van der Waals surface area contributed by atoms with E-state index in [-0.39, 0.29) is 5.38 Å². The van der Waals surface area contributed by atoms with Crippen LogP contribution in [-0.4, -0.2) is 17.0 Å². The molecule has 0 saturated heterocycles. The average molecular weight is 141 g/mol. The zero-order valence-electron chi connectivity index (χ0n) is 3.90. The third kappa shape index (κ3) is 2.89. The van der Waals surface area contributed by atoms with Crippen molar-refractivity contribution in [3.8, 4) is 0 Å². The summed E-state index contributed by atoms with van der Waals surface area (Å²) in [4.78, 5) is 9.73. The summed E-state index contributed by atoms with van der Waals surface area (Å²) in [6.07, 6.45) is 0.624. The van der Waals surface area contributed by atoms with Crippen molar-refractivity contribution >= 4 is 29.5 Å². The number of aldehydes is 1. The SMILES string of the molecule is C[C@H](Cl)[C@H](Cl)C=O. The highest BCUT2D eigenvalue weighted by Gasteiger charge is 2.07. The fraction of sp³-hybridized carbons (Fsp3) is 0.750. The molecule has 0 aromatic rings. The van der Waals surface area contributed by atoms with Crippen LogP contribution in [0.5, 0.6) is 0 Å². The summed E-state index contributed by atoms with van der Waals surface area (Å²) in [5, 5.41) is -0.805. The molecular weight excluding hydrogens is 135 g/mol. The van der Waals surface area contributed by atoms with Crippen LogP contribution >= 0.6 is 23.2 Å². The Hall–Kier alpha value is 0.250. The lowest BCUT2D eigenvalue weighted by Gasteiger charge is -1.99. The van der Waals surface area contributed by atoms with Crippen LogP contribution in [0.4, 0.5) is 0 Å². The van der Waals surface area contributed by atoms with E-state index < -0.39 is 5.38 Å². The lowest BCUT2D eigenvalue weighted by atomic mass is 10.4. The summed E-state index contributed by atoms with van der Waals surface area (Å²) < 4.78 is 0. The van der Waals surface area contributed by atoms with Gasteiger partial charge in [-0.15, -0.1) is 23.2 Å². The van der Waals surface area contributed by atoms with Gasteiger partial charge in [0.15, 0.2) is 0 Å². The molecule has 0 radical (unpaired) electrons. The van der Waals surface area contributed by atoms with Crippen molar-refractivity contribution in [2.24, 2.45) is 0 Å². The van der Waals surface area contributed by atoms with Crippen LogP contribution in [0.15, 0.2) is 0 Å². The first-order valence-electron chi connectivity index (χ1n) is 1.92. The van der Waals surface area contributed by atoms with E-state index in [1.165, 1.54) is 0 Å². The van der Waals surface area contributed by atoms with Crippen molar-refractivity contribution in [1.82, 2.24) is 0 Å². The van der Waals surface area contributed by atoms with Crippen LogP contribution in [0, 0.1) is 0 Å². The van der Waals surface area contributed by atoms with E-state index in [0.717, 1.165) is 0 Å². The van der Waals surface area contributed by atoms with Gasteiger partial charge in [0.1, 0.15) is 11.7 Å². The summed E-state index contributed by atoms with van der Waals surface area (Å²) in [6, 6.07) is 0. The molecule has 0 aliphatic rings. The predicted octanol–water partition coefficient (Wildman–Crippen LogP) is 1.42. The molecule has 1 nitrogen and oxygen atoms in total. The topological polar surface area (TPSA) is 17.1 Å². The van der Waals surface area contributed by atoms with Gasteiger partial charge in [-0.25, -0.2) is 0 Å². The molecule has 0 unspecified atom stereocenters. The monoisotopic (exact) mass is 140 g/mol. The normalized spacial score (nSPS) is 18.1. The van der Waals surface area contributed by atoms with Crippen LogP contribution in [-0.2, 0) is 4.79 Å². The van der Waals surface area contributed by atoms with Gasteiger partial charge in [-0.3, -0.25) is 0 Å². The Bertz CT molecular complexity index is 62.7. The maximum absolute atomic E-state index is 9.73. The Morgan fingerprint density at radius 1 is 1.57 bits per heavy atom. The lowest BCUT2D eigenvalue weighted by molar-refractivity contribution is -0.107. The van der Waals surface area contributed by atoms with E-state index in [2.05, 4.69) is 0 Å². The second kappa shape index (κ2) is 3.28. The van der Waals surface area contributed by atoms with Gasteiger partial charge in [0, 0.05) is 0 Å². The molecule has 0 saturated carbocycles. The van der Waals surface area contributed by atoms with Gasteiger partial charge >= 0.3 is 0 Å². The van der Waals surface area contributed by atoms with E-state index in [1.54, 1.807) is 6.92 Å². The first-order valence-corrected chi connectivity index (χ1v) is 2.79. The number of rotatable bonds is 2. The highest BCUT2D eigenvalue weighted by atomic mass is 35.5. The van der Waals surface area contributed by atoms with Crippen molar-refractivity contribution in [2.75, 3.05) is 0 Å². The van der Waals surface area contributed by atoms with Crippen LogP contribution in [0.1, 0.15) is 6.92 Å². The highest BCUT2D eigenvalue weighted by molar-refractivity contribution is 6.34. The van der Waals surface area contributed by atoms with Gasteiger partial charge in [-0.05, 0) is 6.92 Å². The Morgan fingerprint density at radius 3 is 2.00 bits per heavy atom. The predicted molar refractivity (Wildman–Crippen MR) is 31.0 cm³/mol. The fourth-order valence-electron chi connectivity index (χ4n) is 0.108. The molecule has 0 N–H and O–H groups in total. The lowest BCUT2D eigenvalue weighted by Crippen LogP contribution is -2.11. The van der Waals surface area contributed by atoms with Crippen LogP contribution in [0.25, 0.3) is 0 Å². The quantitative estimate of drug-likeness (QED) is 0.419. The molecule has 42 valence electrons. The van der Waals surface area contributed by atoms with E-state index in [4.69, 9.17) is 23.2 Å². The minimum absolute atomic E-state index is 0.265. The average Bonchev–Trinajstić information content (AvgIpc) is 1.65. The molecule has 0 fully saturated rings. The number of carbonyl (C=O) groups is 1. The third-order valence-electron chi connectivity index (χ3n) is 0.569. The molecule has 0 bridgehead atoms. The number of hydrogen-bond acceptors (Lipinski definition) is 1. The summed E-state index contributed by atoms with van der Waals surface area (Å²) >= 11 is 10.7. The second-order valence-corrected chi connectivity index (χ2v) is 2.45. The second-order valence-electron chi connectivity index (χ2n) is 1.26. The zero-order valence-corrected chi connectivity index (χ0v) is 5.41. The molecule has 0 spiro atoms. The standard InChI is InChI=1S/C4H6Cl2O/c1-3(5)4(6)2-7/h2-4H,1H3/t3-,4+/m0/s1. The highest BCUT2D eigenvalue weighted by Crippen LogP contribution is 2.04. The van der Waals surface area contributed by atoms with E-state index in [9.17, 15) is 4.79 Å². The van der Waals surface area contributed by atoms with Gasteiger partial charge < -0.3 is 4.79 Å². The van der Waals surface area contributed by atoms with Gasteiger partial charge in [0.05, 0.1) is 5.38 Å². The van der Waals surface area contributed by atoms with Crippen molar-refractivity contribution in [3.05, 3.63) is 0 Å². The Kier molecular flexibility index (Phi) is 3.39. The van der Waals surface area contributed by atoms with Crippen LogP contribution in [0.2, 0.25) is 0 Å². The van der Waals surface area contributed by atoms with Crippen molar-refractivity contribution in [3.63, 3.8) is 0 Å². The first kappa shape index (κ1) is 7.25. The van der Waals surface area contributed by atoms with Crippen molar-refractivity contribution in [1.29, 1.82) is 0 Å². The minimum atomic E-state index is -0.540. The van der Waals surface area contributed by atoms with Crippen molar-refractivity contribution < 1.29 is 4.79 Å². The third-order valence-corrected chi connectivity index (χ3v) is 1.45. The Morgan fingerprint density at radius 2 is 2.00 bits per heavy atom. The molecule has 0 amide bonds. The van der Waals surface area contributed by atoms with Gasteiger partial charge in [-0.1, -0.05) is 0 Å². The van der Waals surface area contributed by atoms with Crippen LogP contribution < -0.4 is 0 Å². The maximum Gasteiger partial charge on any atom is 0.139 e.